The van der Waals surface area contributed by atoms with E-state index >= 15 is 0 Å². The van der Waals surface area contributed by atoms with Gasteiger partial charge in [-0.25, -0.2) is 8.42 Å². The molecule has 1 atom stereocenters. The van der Waals surface area contributed by atoms with Crippen LogP contribution in [0.2, 0.25) is 0 Å². The Hall–Kier alpha value is -2.84. The lowest BCUT2D eigenvalue weighted by molar-refractivity contribution is -0.118. The summed E-state index contributed by atoms with van der Waals surface area (Å²) < 4.78 is 37.8. The van der Waals surface area contributed by atoms with E-state index < -0.39 is 22.0 Å². The highest BCUT2D eigenvalue weighted by Gasteiger charge is 2.27. The first-order chi connectivity index (χ1) is 13.3. The van der Waals surface area contributed by atoms with Crippen LogP contribution < -0.4 is 19.5 Å². The van der Waals surface area contributed by atoms with E-state index in [4.69, 9.17) is 9.47 Å². The van der Waals surface area contributed by atoms with Crippen LogP contribution in [0, 0.1) is 5.92 Å². The van der Waals surface area contributed by atoms with E-state index in [9.17, 15) is 13.2 Å². The first kappa shape index (κ1) is 19.9. The molecule has 0 bridgehead atoms. The van der Waals surface area contributed by atoms with Gasteiger partial charge in [0.25, 0.3) is 0 Å². The predicted molar refractivity (Wildman–Crippen MR) is 107 cm³/mol. The Labute approximate surface area is 164 Å². The van der Waals surface area contributed by atoms with Crippen molar-refractivity contribution in [2.24, 2.45) is 5.92 Å². The molecule has 0 spiro atoms. The van der Waals surface area contributed by atoms with Crippen LogP contribution in [0.15, 0.2) is 53.9 Å². The number of carbonyl (C=O) groups is 1. The van der Waals surface area contributed by atoms with Gasteiger partial charge >= 0.3 is 0 Å². The lowest BCUT2D eigenvalue weighted by Gasteiger charge is -2.20. The third kappa shape index (κ3) is 5.11. The van der Waals surface area contributed by atoms with Crippen LogP contribution in [-0.2, 0) is 14.8 Å². The number of anilines is 1. The van der Waals surface area contributed by atoms with Crippen LogP contribution >= 0.6 is 0 Å². The highest BCUT2D eigenvalue weighted by molar-refractivity contribution is 7.92. The van der Waals surface area contributed by atoms with Crippen molar-refractivity contribution in [1.82, 2.24) is 4.72 Å². The van der Waals surface area contributed by atoms with Gasteiger partial charge in [-0.1, -0.05) is 44.2 Å². The van der Waals surface area contributed by atoms with Gasteiger partial charge in [-0.3, -0.25) is 4.79 Å². The molecule has 0 saturated heterocycles. The largest absolute Gasteiger partial charge is 0.454 e. The fourth-order valence-corrected chi connectivity index (χ4v) is 3.78. The van der Waals surface area contributed by atoms with Crippen molar-refractivity contribution in [3.05, 3.63) is 59.5 Å². The summed E-state index contributed by atoms with van der Waals surface area (Å²) in [6, 6.07) is 13.1. The molecule has 1 aliphatic rings. The molecular weight excluding hydrogens is 380 g/mol. The van der Waals surface area contributed by atoms with Crippen molar-refractivity contribution in [1.29, 1.82) is 0 Å². The Morgan fingerprint density at radius 3 is 2.50 bits per heavy atom. The van der Waals surface area contributed by atoms with Gasteiger partial charge in [0.2, 0.25) is 22.7 Å². The van der Waals surface area contributed by atoms with E-state index in [1.807, 2.05) is 18.2 Å². The summed E-state index contributed by atoms with van der Waals surface area (Å²) in [6.07, 6.45) is 1.48. The molecule has 0 saturated carbocycles. The molecule has 2 aromatic rings. The zero-order chi connectivity index (χ0) is 20.1. The van der Waals surface area contributed by atoms with Gasteiger partial charge in [0.15, 0.2) is 11.5 Å². The molecule has 1 heterocycles. The van der Waals surface area contributed by atoms with Gasteiger partial charge in [0.1, 0.15) is 6.04 Å². The molecule has 28 heavy (non-hydrogen) atoms. The average molecular weight is 402 g/mol. The standard InChI is InChI=1S/C20H22N2O5S/c1-14(2)19(22-28(24,25)11-10-15-6-4-3-5-7-15)20(23)21-16-8-9-17-18(12-16)27-13-26-17/h3-12,14,19,22H,13H2,1-2H3,(H,21,23)/b11-10+. The number of nitrogens with one attached hydrogen (secondary N) is 2. The molecule has 1 unspecified atom stereocenters. The Bertz CT molecular complexity index is 971. The first-order valence-electron chi connectivity index (χ1n) is 8.80. The number of benzene rings is 2. The highest BCUT2D eigenvalue weighted by Crippen LogP contribution is 2.34. The molecule has 0 aromatic heterocycles. The number of hydrogen-bond donors (Lipinski definition) is 2. The number of fused-ring (bicyclic) bond motifs is 1. The SMILES string of the molecule is CC(C)C(NS(=O)(=O)/C=C/c1ccccc1)C(=O)Nc1ccc2c(c1)OCO2. The Morgan fingerprint density at radius 1 is 1.07 bits per heavy atom. The molecule has 0 aliphatic carbocycles. The lowest BCUT2D eigenvalue weighted by Crippen LogP contribution is -2.46. The number of amides is 1. The number of ether oxygens (including phenoxy) is 2. The summed E-state index contributed by atoms with van der Waals surface area (Å²) in [5.74, 6) is 0.426. The summed E-state index contributed by atoms with van der Waals surface area (Å²) >= 11 is 0. The molecule has 3 rings (SSSR count). The molecule has 148 valence electrons. The third-order valence-electron chi connectivity index (χ3n) is 4.12. The molecule has 1 amide bonds. The maximum atomic E-state index is 12.7. The molecule has 7 nitrogen and oxygen atoms in total. The van der Waals surface area contributed by atoms with Crippen molar-refractivity contribution in [3.8, 4) is 11.5 Å². The van der Waals surface area contributed by atoms with E-state index in [2.05, 4.69) is 10.0 Å². The fraction of sp³-hybridized carbons (Fsp3) is 0.250. The summed E-state index contributed by atoms with van der Waals surface area (Å²) in [6.45, 7) is 3.68. The van der Waals surface area contributed by atoms with E-state index in [1.54, 1.807) is 44.2 Å². The first-order valence-corrected chi connectivity index (χ1v) is 10.3. The number of hydrogen-bond acceptors (Lipinski definition) is 5. The zero-order valence-corrected chi connectivity index (χ0v) is 16.4. The quantitative estimate of drug-likeness (QED) is 0.743. The molecular formula is C20H22N2O5S. The summed E-state index contributed by atoms with van der Waals surface area (Å²) in [7, 11) is -3.81. The topological polar surface area (TPSA) is 93.7 Å². The van der Waals surface area contributed by atoms with E-state index in [1.165, 1.54) is 6.08 Å². The maximum Gasteiger partial charge on any atom is 0.242 e. The van der Waals surface area contributed by atoms with Crippen LogP contribution in [-0.4, -0.2) is 27.2 Å². The number of rotatable bonds is 7. The highest BCUT2D eigenvalue weighted by atomic mass is 32.2. The van der Waals surface area contributed by atoms with Gasteiger partial charge in [-0.05, 0) is 29.7 Å². The van der Waals surface area contributed by atoms with Crippen molar-refractivity contribution >= 4 is 27.7 Å². The predicted octanol–water partition coefficient (Wildman–Crippen LogP) is 2.97. The molecule has 2 aromatic carbocycles. The Kier molecular flexibility index (Phi) is 6.01. The van der Waals surface area contributed by atoms with Crippen LogP contribution in [0.3, 0.4) is 0 Å². The second-order valence-corrected chi connectivity index (χ2v) is 8.25. The third-order valence-corrected chi connectivity index (χ3v) is 5.20. The van der Waals surface area contributed by atoms with Gasteiger partial charge < -0.3 is 14.8 Å². The molecule has 0 radical (unpaired) electrons. The van der Waals surface area contributed by atoms with Crippen LogP contribution in [0.5, 0.6) is 11.5 Å². The van der Waals surface area contributed by atoms with Gasteiger partial charge in [0, 0.05) is 17.2 Å². The van der Waals surface area contributed by atoms with Crippen molar-refractivity contribution in [3.63, 3.8) is 0 Å². The van der Waals surface area contributed by atoms with E-state index in [0.717, 1.165) is 11.0 Å². The normalized spacial score (nSPS) is 14.4. The summed E-state index contributed by atoms with van der Waals surface area (Å²) in [5, 5.41) is 3.78. The van der Waals surface area contributed by atoms with Crippen molar-refractivity contribution in [2.75, 3.05) is 12.1 Å². The fourth-order valence-electron chi connectivity index (χ4n) is 2.64. The minimum atomic E-state index is -3.81. The van der Waals surface area contributed by atoms with Crippen LogP contribution in [0.1, 0.15) is 19.4 Å². The van der Waals surface area contributed by atoms with Gasteiger partial charge in [-0.2, -0.15) is 4.72 Å². The molecule has 2 N–H and O–H groups in total. The Morgan fingerprint density at radius 2 is 1.79 bits per heavy atom. The van der Waals surface area contributed by atoms with Crippen LogP contribution in [0.4, 0.5) is 5.69 Å². The Balaban J connectivity index is 1.70. The lowest BCUT2D eigenvalue weighted by atomic mass is 10.0. The number of carbonyl (C=O) groups excluding carboxylic acids is 1. The summed E-state index contributed by atoms with van der Waals surface area (Å²) in [4.78, 5) is 12.7. The average Bonchev–Trinajstić information content (AvgIpc) is 3.13. The van der Waals surface area contributed by atoms with Gasteiger partial charge in [-0.15, -0.1) is 0 Å². The molecule has 8 heteroatoms. The minimum absolute atomic E-state index is 0.134. The van der Waals surface area contributed by atoms with E-state index in [-0.39, 0.29) is 12.7 Å². The van der Waals surface area contributed by atoms with Crippen molar-refractivity contribution < 1.29 is 22.7 Å². The second-order valence-electron chi connectivity index (χ2n) is 6.66. The van der Waals surface area contributed by atoms with Gasteiger partial charge in [0.05, 0.1) is 0 Å². The monoisotopic (exact) mass is 402 g/mol. The van der Waals surface area contributed by atoms with E-state index in [0.29, 0.717) is 17.2 Å². The summed E-state index contributed by atoms with van der Waals surface area (Å²) in [5.41, 5.74) is 1.25. The second kappa shape index (κ2) is 8.45. The van der Waals surface area contributed by atoms with Crippen molar-refractivity contribution in [2.45, 2.75) is 19.9 Å². The smallest absolute Gasteiger partial charge is 0.242 e. The minimum Gasteiger partial charge on any atom is -0.454 e. The van der Waals surface area contributed by atoms with Crippen LogP contribution in [0.25, 0.3) is 6.08 Å². The number of sulfonamides is 1. The maximum absolute atomic E-state index is 12.7. The molecule has 1 aliphatic heterocycles. The zero-order valence-electron chi connectivity index (χ0n) is 15.6. The molecule has 0 fully saturated rings.